The summed E-state index contributed by atoms with van der Waals surface area (Å²) in [6.07, 6.45) is 8.84. The van der Waals surface area contributed by atoms with Gasteiger partial charge >= 0.3 is 0 Å². The molecule has 2 N–H and O–H groups in total. The molecule has 3 nitrogen and oxygen atoms in total. The number of nitrogens with two attached hydrogens (primary N) is 1. The van der Waals surface area contributed by atoms with Gasteiger partial charge in [0.15, 0.2) is 0 Å². The molecule has 1 amide bonds. The molecule has 0 bridgehead atoms. The molecule has 1 heterocycles. The highest BCUT2D eigenvalue weighted by atomic mass is 16.2. The number of hydrogen-bond acceptors (Lipinski definition) is 2. The van der Waals surface area contributed by atoms with E-state index >= 15 is 0 Å². The lowest BCUT2D eigenvalue weighted by Crippen LogP contribution is -2.32. The second-order valence-electron chi connectivity index (χ2n) is 6.19. The fourth-order valence-electron chi connectivity index (χ4n) is 3.08. The molecular weight excluding hydrogens is 236 g/mol. The van der Waals surface area contributed by atoms with Crippen LogP contribution in [0, 0.1) is 11.8 Å². The van der Waals surface area contributed by atoms with Crippen LogP contribution in [-0.4, -0.2) is 30.4 Å². The first-order valence-electron chi connectivity index (χ1n) is 8.15. The lowest BCUT2D eigenvalue weighted by Gasteiger charge is -2.22. The third-order valence-electron chi connectivity index (χ3n) is 4.41. The summed E-state index contributed by atoms with van der Waals surface area (Å²) < 4.78 is 0. The average Bonchev–Trinajstić information content (AvgIpc) is 2.61. The lowest BCUT2D eigenvalue weighted by atomic mass is 9.94. The third-order valence-corrected chi connectivity index (χ3v) is 4.41. The van der Waals surface area contributed by atoms with Crippen LogP contribution in [0.1, 0.15) is 65.2 Å². The maximum absolute atomic E-state index is 12.3. The van der Waals surface area contributed by atoms with Gasteiger partial charge in [-0.1, -0.05) is 26.7 Å². The van der Waals surface area contributed by atoms with Crippen molar-refractivity contribution in [3.05, 3.63) is 0 Å². The van der Waals surface area contributed by atoms with Crippen LogP contribution in [0.25, 0.3) is 0 Å². The molecule has 1 aliphatic rings. The fourth-order valence-corrected chi connectivity index (χ4v) is 3.08. The van der Waals surface area contributed by atoms with E-state index in [0.717, 1.165) is 44.8 Å². The molecule has 2 unspecified atom stereocenters. The van der Waals surface area contributed by atoms with E-state index in [1.807, 2.05) is 0 Å². The summed E-state index contributed by atoms with van der Waals surface area (Å²) in [6.45, 7) is 7.20. The molecule has 0 saturated carbocycles. The summed E-state index contributed by atoms with van der Waals surface area (Å²) in [7, 11) is 0. The molecule has 1 rings (SSSR count). The molecule has 1 aliphatic heterocycles. The van der Waals surface area contributed by atoms with E-state index in [1.54, 1.807) is 0 Å². The van der Waals surface area contributed by atoms with E-state index in [9.17, 15) is 4.79 Å². The van der Waals surface area contributed by atoms with Gasteiger partial charge in [-0.3, -0.25) is 4.79 Å². The van der Waals surface area contributed by atoms with E-state index in [4.69, 9.17) is 5.73 Å². The van der Waals surface area contributed by atoms with Crippen LogP contribution in [0.15, 0.2) is 0 Å². The molecule has 0 aliphatic carbocycles. The predicted molar refractivity (Wildman–Crippen MR) is 80.9 cm³/mol. The van der Waals surface area contributed by atoms with Crippen LogP contribution in [-0.2, 0) is 4.79 Å². The number of carbonyl (C=O) groups excluding carboxylic acids is 1. The summed E-state index contributed by atoms with van der Waals surface area (Å²) in [5, 5.41) is 0. The average molecular weight is 268 g/mol. The molecule has 19 heavy (non-hydrogen) atoms. The van der Waals surface area contributed by atoms with Crippen LogP contribution in [0.2, 0.25) is 0 Å². The fraction of sp³-hybridized carbons (Fsp3) is 0.938. The van der Waals surface area contributed by atoms with Crippen molar-refractivity contribution in [2.24, 2.45) is 17.6 Å². The summed E-state index contributed by atoms with van der Waals surface area (Å²) >= 11 is 0. The zero-order chi connectivity index (χ0) is 14.1. The van der Waals surface area contributed by atoms with Crippen LogP contribution in [0.3, 0.4) is 0 Å². The predicted octanol–water partition coefficient (Wildman–Crippen LogP) is 3.18. The Balaban J connectivity index is 2.32. The zero-order valence-electron chi connectivity index (χ0n) is 12.9. The summed E-state index contributed by atoms with van der Waals surface area (Å²) in [4.78, 5) is 14.4. The van der Waals surface area contributed by atoms with Crippen molar-refractivity contribution in [1.82, 2.24) is 4.90 Å². The monoisotopic (exact) mass is 268 g/mol. The standard InChI is InChI=1S/C16H32N2O/c1-3-5-15(9-11-17)7-8-16(19)18-12-4-6-14(2)10-13-18/h14-15H,3-13,17H2,1-2H3. The molecule has 1 saturated heterocycles. The van der Waals surface area contributed by atoms with Crippen LogP contribution >= 0.6 is 0 Å². The van der Waals surface area contributed by atoms with Crippen molar-refractivity contribution in [1.29, 1.82) is 0 Å². The maximum Gasteiger partial charge on any atom is 0.222 e. The Bertz CT molecular complexity index is 249. The van der Waals surface area contributed by atoms with Crippen LogP contribution < -0.4 is 5.73 Å². The molecule has 0 radical (unpaired) electrons. The molecule has 1 fully saturated rings. The van der Waals surface area contributed by atoms with E-state index in [2.05, 4.69) is 18.7 Å². The molecule has 0 aromatic rings. The van der Waals surface area contributed by atoms with Gasteiger partial charge in [-0.15, -0.1) is 0 Å². The SMILES string of the molecule is CCCC(CCN)CCC(=O)N1CCCC(C)CC1. The van der Waals surface area contributed by atoms with Gasteiger partial charge in [0.1, 0.15) is 0 Å². The minimum atomic E-state index is 0.368. The van der Waals surface area contributed by atoms with Gasteiger partial charge in [-0.05, 0) is 50.5 Å². The number of nitrogens with zero attached hydrogens (tertiary/aromatic N) is 1. The smallest absolute Gasteiger partial charge is 0.222 e. The van der Waals surface area contributed by atoms with E-state index in [1.165, 1.54) is 32.1 Å². The topological polar surface area (TPSA) is 46.3 Å². The Labute approximate surface area is 118 Å². The Morgan fingerprint density at radius 3 is 2.74 bits per heavy atom. The molecular formula is C16H32N2O. The Morgan fingerprint density at radius 1 is 1.26 bits per heavy atom. The molecule has 0 aromatic carbocycles. The van der Waals surface area contributed by atoms with Crippen LogP contribution in [0.5, 0.6) is 0 Å². The van der Waals surface area contributed by atoms with Crippen molar-refractivity contribution in [2.75, 3.05) is 19.6 Å². The minimum Gasteiger partial charge on any atom is -0.343 e. The van der Waals surface area contributed by atoms with Gasteiger partial charge in [0, 0.05) is 19.5 Å². The van der Waals surface area contributed by atoms with Crippen molar-refractivity contribution in [2.45, 2.75) is 65.2 Å². The molecule has 0 spiro atoms. The Hall–Kier alpha value is -0.570. The van der Waals surface area contributed by atoms with Gasteiger partial charge in [0.25, 0.3) is 0 Å². The van der Waals surface area contributed by atoms with Gasteiger partial charge < -0.3 is 10.6 Å². The molecule has 0 aromatic heterocycles. The first-order chi connectivity index (χ1) is 9.17. The number of rotatable bonds is 7. The Morgan fingerprint density at radius 2 is 2.05 bits per heavy atom. The van der Waals surface area contributed by atoms with Crippen molar-refractivity contribution in [3.63, 3.8) is 0 Å². The normalized spacial score (nSPS) is 22.1. The second kappa shape index (κ2) is 9.35. The van der Waals surface area contributed by atoms with Gasteiger partial charge in [-0.2, -0.15) is 0 Å². The maximum atomic E-state index is 12.3. The summed E-state index contributed by atoms with van der Waals surface area (Å²) in [5.41, 5.74) is 5.65. The first kappa shape index (κ1) is 16.5. The Kier molecular flexibility index (Phi) is 8.11. The molecule has 3 heteroatoms. The molecule has 112 valence electrons. The highest BCUT2D eigenvalue weighted by Crippen LogP contribution is 2.20. The van der Waals surface area contributed by atoms with Gasteiger partial charge in [0.2, 0.25) is 5.91 Å². The highest BCUT2D eigenvalue weighted by Gasteiger charge is 2.19. The van der Waals surface area contributed by atoms with Crippen molar-refractivity contribution >= 4 is 5.91 Å². The third kappa shape index (κ3) is 6.42. The second-order valence-corrected chi connectivity index (χ2v) is 6.19. The highest BCUT2D eigenvalue weighted by molar-refractivity contribution is 5.76. The quantitative estimate of drug-likeness (QED) is 0.771. The van der Waals surface area contributed by atoms with Gasteiger partial charge in [0.05, 0.1) is 0 Å². The van der Waals surface area contributed by atoms with Crippen molar-refractivity contribution in [3.8, 4) is 0 Å². The summed E-state index contributed by atoms with van der Waals surface area (Å²) in [6, 6.07) is 0. The first-order valence-corrected chi connectivity index (χ1v) is 8.15. The number of likely N-dealkylation sites (tertiary alicyclic amines) is 1. The van der Waals surface area contributed by atoms with Crippen molar-refractivity contribution < 1.29 is 4.79 Å². The van der Waals surface area contributed by atoms with Crippen LogP contribution in [0.4, 0.5) is 0 Å². The summed E-state index contributed by atoms with van der Waals surface area (Å²) in [5.74, 6) is 1.79. The van der Waals surface area contributed by atoms with Gasteiger partial charge in [-0.25, -0.2) is 0 Å². The van der Waals surface area contributed by atoms with E-state index in [0.29, 0.717) is 11.8 Å². The number of amides is 1. The largest absolute Gasteiger partial charge is 0.343 e. The molecule has 2 atom stereocenters. The van der Waals surface area contributed by atoms with E-state index in [-0.39, 0.29) is 0 Å². The number of carbonyl (C=O) groups is 1. The van der Waals surface area contributed by atoms with E-state index < -0.39 is 0 Å². The number of hydrogen-bond donors (Lipinski definition) is 1. The zero-order valence-corrected chi connectivity index (χ0v) is 12.9. The lowest BCUT2D eigenvalue weighted by molar-refractivity contribution is -0.131. The minimum absolute atomic E-state index is 0.368.